The third-order valence-electron chi connectivity index (χ3n) is 6.80. The zero-order valence-corrected chi connectivity index (χ0v) is 16.6. The molecule has 5 rings (SSSR count). The van der Waals surface area contributed by atoms with Crippen LogP contribution in [0.1, 0.15) is 56.7 Å². The second kappa shape index (κ2) is 5.86. The van der Waals surface area contributed by atoms with Crippen LogP contribution < -0.4 is 10.2 Å². The van der Waals surface area contributed by atoms with Gasteiger partial charge in [0.1, 0.15) is 12.4 Å². The van der Waals surface area contributed by atoms with E-state index in [9.17, 15) is 0 Å². The number of hydrogen-bond donors (Lipinski definition) is 0. The second-order valence-corrected chi connectivity index (χ2v) is 9.25. The van der Waals surface area contributed by atoms with Gasteiger partial charge in [0.15, 0.2) is 0 Å². The highest BCUT2D eigenvalue weighted by atomic mass is 16.7. The summed E-state index contributed by atoms with van der Waals surface area (Å²) in [6.45, 7) is 9.03. The van der Waals surface area contributed by atoms with Crippen LogP contribution >= 0.6 is 0 Å². The molecule has 2 aliphatic carbocycles. The number of hydrogen-bond acceptors (Lipinski definition) is 3. The molecule has 2 unspecified atom stereocenters. The SMILES string of the molecule is CC1(C)OB(c2cc(OCc3ccccc3)cc3c2C2CC2C3)OC1(C)C. The normalized spacial score (nSPS) is 26.6. The number of fused-ring (bicyclic) bond motifs is 3. The monoisotopic (exact) mass is 362 g/mol. The van der Waals surface area contributed by atoms with Crippen LogP contribution in [0.25, 0.3) is 0 Å². The van der Waals surface area contributed by atoms with E-state index >= 15 is 0 Å². The van der Waals surface area contributed by atoms with Gasteiger partial charge in [-0.25, -0.2) is 0 Å². The lowest BCUT2D eigenvalue weighted by atomic mass is 9.74. The maximum atomic E-state index is 6.38. The molecule has 3 aliphatic rings. The maximum absolute atomic E-state index is 6.38. The van der Waals surface area contributed by atoms with Crippen molar-refractivity contribution >= 4 is 12.6 Å². The average molecular weight is 362 g/mol. The first kappa shape index (κ1) is 17.3. The molecule has 2 aromatic carbocycles. The van der Waals surface area contributed by atoms with Gasteiger partial charge >= 0.3 is 7.12 Å². The fourth-order valence-electron chi connectivity index (χ4n) is 4.43. The molecule has 1 aliphatic heterocycles. The molecule has 0 spiro atoms. The Kier molecular flexibility index (Phi) is 3.76. The molecule has 3 nitrogen and oxygen atoms in total. The van der Waals surface area contributed by atoms with E-state index in [2.05, 4.69) is 52.0 Å². The van der Waals surface area contributed by atoms with Gasteiger partial charge in [0.25, 0.3) is 0 Å². The molecule has 0 bridgehead atoms. The summed E-state index contributed by atoms with van der Waals surface area (Å²) in [4.78, 5) is 0. The van der Waals surface area contributed by atoms with Crippen molar-refractivity contribution in [2.45, 2.75) is 64.3 Å². The van der Waals surface area contributed by atoms with Crippen molar-refractivity contribution in [2.75, 3.05) is 0 Å². The van der Waals surface area contributed by atoms with Crippen LogP contribution in [0.4, 0.5) is 0 Å². The molecule has 1 heterocycles. The Bertz CT molecular complexity index is 859. The van der Waals surface area contributed by atoms with Crippen molar-refractivity contribution < 1.29 is 14.0 Å². The summed E-state index contributed by atoms with van der Waals surface area (Å²) in [5, 5.41) is 0. The van der Waals surface area contributed by atoms with Crippen molar-refractivity contribution in [3.8, 4) is 5.75 Å². The predicted octanol–water partition coefficient (Wildman–Crippen LogP) is 4.22. The van der Waals surface area contributed by atoms with Crippen molar-refractivity contribution in [1.82, 2.24) is 0 Å². The zero-order valence-electron chi connectivity index (χ0n) is 16.6. The third kappa shape index (κ3) is 2.90. The van der Waals surface area contributed by atoms with E-state index in [1.54, 1.807) is 0 Å². The van der Waals surface area contributed by atoms with Gasteiger partial charge in [0, 0.05) is 0 Å². The van der Waals surface area contributed by atoms with Crippen LogP contribution in [0.2, 0.25) is 0 Å². The molecule has 4 heteroatoms. The molecule has 1 saturated heterocycles. The number of rotatable bonds is 4. The van der Waals surface area contributed by atoms with Gasteiger partial charge in [-0.2, -0.15) is 0 Å². The lowest BCUT2D eigenvalue weighted by Crippen LogP contribution is -2.41. The Labute approximate surface area is 162 Å². The summed E-state index contributed by atoms with van der Waals surface area (Å²) >= 11 is 0. The largest absolute Gasteiger partial charge is 0.495 e. The molecule has 2 fully saturated rings. The Morgan fingerprint density at radius 3 is 2.44 bits per heavy atom. The van der Waals surface area contributed by atoms with Gasteiger partial charge in [-0.1, -0.05) is 30.3 Å². The Morgan fingerprint density at radius 1 is 1.04 bits per heavy atom. The highest BCUT2D eigenvalue weighted by Crippen LogP contribution is 2.56. The van der Waals surface area contributed by atoms with E-state index in [0.717, 1.165) is 18.1 Å². The minimum atomic E-state index is -0.326. The van der Waals surface area contributed by atoms with E-state index in [-0.39, 0.29) is 18.3 Å². The van der Waals surface area contributed by atoms with Crippen molar-refractivity contribution in [2.24, 2.45) is 5.92 Å². The Morgan fingerprint density at radius 2 is 1.74 bits per heavy atom. The van der Waals surface area contributed by atoms with E-state index in [1.807, 2.05) is 18.2 Å². The summed E-state index contributed by atoms with van der Waals surface area (Å²) in [5.74, 6) is 2.42. The van der Waals surface area contributed by atoms with Crippen LogP contribution in [0, 0.1) is 5.92 Å². The van der Waals surface area contributed by atoms with Gasteiger partial charge in [0.05, 0.1) is 11.2 Å². The van der Waals surface area contributed by atoms with E-state index < -0.39 is 0 Å². The lowest BCUT2D eigenvalue weighted by Gasteiger charge is -2.32. The van der Waals surface area contributed by atoms with E-state index in [1.165, 1.54) is 28.6 Å². The standard InChI is InChI=1S/C23H27BO3/c1-22(2)23(3,4)27-24(26-22)20-13-18(25-14-15-8-6-5-7-9-15)11-17-10-16-12-19(16)21(17)20/h5-9,11,13,16,19H,10,12,14H2,1-4H3. The van der Waals surface area contributed by atoms with Gasteiger partial charge in [-0.05, 0) is 86.7 Å². The lowest BCUT2D eigenvalue weighted by molar-refractivity contribution is 0.00578. The minimum Gasteiger partial charge on any atom is -0.489 e. The van der Waals surface area contributed by atoms with Gasteiger partial charge < -0.3 is 14.0 Å². The van der Waals surface area contributed by atoms with Gasteiger partial charge in [0.2, 0.25) is 0 Å². The van der Waals surface area contributed by atoms with Crippen molar-refractivity contribution in [3.63, 3.8) is 0 Å². The quantitative estimate of drug-likeness (QED) is 0.762. The first-order valence-corrected chi connectivity index (χ1v) is 10.0. The first-order valence-electron chi connectivity index (χ1n) is 10.0. The molecule has 0 amide bonds. The first-order chi connectivity index (χ1) is 12.8. The van der Waals surface area contributed by atoms with E-state index in [0.29, 0.717) is 12.5 Å². The summed E-state index contributed by atoms with van der Waals surface area (Å²) in [7, 11) is -0.316. The van der Waals surface area contributed by atoms with Crippen LogP contribution in [0.15, 0.2) is 42.5 Å². The minimum absolute atomic E-state index is 0.316. The summed E-state index contributed by atoms with van der Waals surface area (Å²) in [5.41, 5.74) is 4.59. The van der Waals surface area contributed by atoms with Crippen LogP contribution in [0.5, 0.6) is 5.75 Å². The van der Waals surface area contributed by atoms with Gasteiger partial charge in [-0.15, -0.1) is 0 Å². The molecular formula is C23H27BO3. The number of ether oxygens (including phenoxy) is 1. The zero-order chi connectivity index (χ0) is 18.8. The molecule has 2 atom stereocenters. The fourth-order valence-corrected chi connectivity index (χ4v) is 4.43. The van der Waals surface area contributed by atoms with Crippen LogP contribution in [0.3, 0.4) is 0 Å². The molecule has 140 valence electrons. The summed E-state index contributed by atoms with van der Waals surface area (Å²) in [6, 6.07) is 14.7. The molecule has 0 aromatic heterocycles. The summed E-state index contributed by atoms with van der Waals surface area (Å²) < 4.78 is 18.9. The van der Waals surface area contributed by atoms with Gasteiger partial charge in [-0.3, -0.25) is 0 Å². The smallest absolute Gasteiger partial charge is 0.489 e. The Balaban J connectivity index is 1.47. The Hall–Kier alpha value is -1.78. The second-order valence-electron chi connectivity index (χ2n) is 9.25. The topological polar surface area (TPSA) is 27.7 Å². The average Bonchev–Trinajstić information content (AvgIpc) is 3.22. The van der Waals surface area contributed by atoms with Crippen LogP contribution in [-0.2, 0) is 22.3 Å². The fraction of sp³-hybridized carbons (Fsp3) is 0.478. The molecule has 0 N–H and O–H groups in total. The number of benzene rings is 2. The summed E-state index contributed by atoms with van der Waals surface area (Å²) in [6.07, 6.45) is 2.47. The molecule has 27 heavy (non-hydrogen) atoms. The maximum Gasteiger partial charge on any atom is 0.495 e. The highest BCUT2D eigenvalue weighted by Gasteiger charge is 2.55. The van der Waals surface area contributed by atoms with Crippen LogP contribution in [-0.4, -0.2) is 18.3 Å². The van der Waals surface area contributed by atoms with Crippen molar-refractivity contribution in [1.29, 1.82) is 0 Å². The van der Waals surface area contributed by atoms with Crippen molar-refractivity contribution in [3.05, 3.63) is 59.2 Å². The third-order valence-corrected chi connectivity index (χ3v) is 6.80. The molecule has 1 saturated carbocycles. The van der Waals surface area contributed by atoms with E-state index in [4.69, 9.17) is 14.0 Å². The predicted molar refractivity (Wildman–Crippen MR) is 107 cm³/mol. The molecule has 2 aromatic rings. The molecular weight excluding hydrogens is 335 g/mol. The molecule has 0 radical (unpaired) electrons. The highest BCUT2D eigenvalue weighted by molar-refractivity contribution is 6.62.